The summed E-state index contributed by atoms with van der Waals surface area (Å²) in [7, 11) is 0. The van der Waals surface area contributed by atoms with Crippen molar-refractivity contribution in [3.05, 3.63) is 12.4 Å². The molecule has 0 aliphatic carbocycles. The second-order valence-corrected chi connectivity index (χ2v) is 0.761. The second-order valence-electron chi connectivity index (χ2n) is 0.761. The number of nitrogens with zero attached hydrogens (tertiary/aromatic N) is 1. The Morgan fingerprint density at radius 2 is 1.88 bits per heavy atom. The van der Waals surface area contributed by atoms with E-state index in [2.05, 4.69) is 10.3 Å². The highest BCUT2D eigenvalue weighted by Crippen LogP contribution is 1.58. The fourth-order valence-electron chi connectivity index (χ4n) is 0.215. The van der Waals surface area contributed by atoms with Gasteiger partial charge in [-0.3, -0.25) is 0 Å². The van der Waals surface area contributed by atoms with Crippen LogP contribution in [0.15, 0.2) is 12.4 Å². The average molecular weight is 176 g/mol. The van der Waals surface area contributed by atoms with E-state index in [9.17, 15) is 0 Å². The molecule has 0 saturated heterocycles. The molecule has 1 aliphatic rings. The van der Waals surface area contributed by atoms with Crippen molar-refractivity contribution >= 4 is 31.2 Å². The molecule has 1 rings (SSSR count). The van der Waals surface area contributed by atoms with Crippen molar-refractivity contribution in [2.45, 2.75) is 0 Å². The van der Waals surface area contributed by atoms with Gasteiger partial charge >= 0.3 is 0 Å². The van der Waals surface area contributed by atoms with Gasteiger partial charge in [0.25, 0.3) is 6.34 Å². The van der Waals surface area contributed by atoms with Crippen LogP contribution in [0.2, 0.25) is 0 Å². The van der Waals surface area contributed by atoms with Crippen molar-refractivity contribution in [1.29, 1.82) is 0 Å². The molecule has 0 aromatic carbocycles. The van der Waals surface area contributed by atoms with Crippen LogP contribution in [-0.2, 0) is 0 Å². The fourth-order valence-corrected chi connectivity index (χ4v) is 0.215. The SMILES string of the molecule is C1=CNC=[N+]1.Cl.Cl.[Cl-]. The van der Waals surface area contributed by atoms with Gasteiger partial charge in [-0.1, -0.05) is 4.99 Å². The third kappa shape index (κ3) is 6.08. The summed E-state index contributed by atoms with van der Waals surface area (Å²) in [6.07, 6.45) is 5.08. The summed E-state index contributed by atoms with van der Waals surface area (Å²) in [5, 5.41) is 2.75. The van der Waals surface area contributed by atoms with Gasteiger partial charge in [0.2, 0.25) is 0 Å². The first-order valence-corrected chi connectivity index (χ1v) is 1.43. The van der Waals surface area contributed by atoms with E-state index in [1.807, 2.05) is 0 Å². The van der Waals surface area contributed by atoms with Crippen molar-refractivity contribution < 1.29 is 12.4 Å². The van der Waals surface area contributed by atoms with Gasteiger partial charge in [0.05, 0.1) is 0 Å². The molecule has 1 heterocycles. The van der Waals surface area contributed by atoms with Crippen LogP contribution in [0.5, 0.6) is 0 Å². The molecule has 8 heavy (non-hydrogen) atoms. The Morgan fingerprint density at radius 1 is 1.25 bits per heavy atom. The summed E-state index contributed by atoms with van der Waals surface area (Å²) >= 11 is 0. The number of hydrogen-bond acceptors (Lipinski definition) is 2. The summed E-state index contributed by atoms with van der Waals surface area (Å²) in [4.78, 5) is 3.67. The highest BCUT2D eigenvalue weighted by Gasteiger charge is 1.83. The summed E-state index contributed by atoms with van der Waals surface area (Å²) in [6, 6.07) is 0. The molecular formula is C3H6Cl3N2. The quantitative estimate of drug-likeness (QED) is 0.426. The second kappa shape index (κ2) is 10.1. The van der Waals surface area contributed by atoms with Crippen molar-refractivity contribution in [3.63, 3.8) is 0 Å². The maximum atomic E-state index is 3.67. The molecule has 49 valence electrons. The molecule has 5 heteroatoms. The van der Waals surface area contributed by atoms with Crippen molar-refractivity contribution in [3.8, 4) is 0 Å². The Hall–Kier alpha value is 0.0800. The molecule has 0 aromatic rings. The number of halogens is 3. The van der Waals surface area contributed by atoms with E-state index in [-0.39, 0.29) is 37.2 Å². The minimum Gasteiger partial charge on any atom is -1.00 e. The van der Waals surface area contributed by atoms with E-state index in [4.69, 9.17) is 0 Å². The molecule has 0 spiro atoms. The first-order chi connectivity index (χ1) is 2.50. The van der Waals surface area contributed by atoms with E-state index in [1.54, 1.807) is 18.7 Å². The highest BCUT2D eigenvalue weighted by molar-refractivity contribution is 5.85. The molecule has 1 N–H and O–H groups in total. The van der Waals surface area contributed by atoms with E-state index < -0.39 is 0 Å². The lowest BCUT2D eigenvalue weighted by molar-refractivity contribution is -0.00000145. The lowest BCUT2D eigenvalue weighted by Crippen LogP contribution is -3.00. The zero-order valence-electron chi connectivity index (χ0n) is 3.87. The Labute approximate surface area is 66.7 Å². The summed E-state index contributed by atoms with van der Waals surface area (Å²) in [5.41, 5.74) is 0. The van der Waals surface area contributed by atoms with Gasteiger partial charge in [-0.2, -0.15) is 0 Å². The summed E-state index contributed by atoms with van der Waals surface area (Å²) < 4.78 is 0. The molecule has 0 unspecified atom stereocenters. The molecule has 0 fully saturated rings. The Morgan fingerprint density at radius 3 is 2.00 bits per heavy atom. The number of nitrogens with one attached hydrogen (secondary N) is 1. The third-order valence-electron chi connectivity index (χ3n) is 0.406. The average Bonchev–Trinajstić information content (AvgIpc) is 1.76. The lowest BCUT2D eigenvalue weighted by atomic mass is 11.0. The third-order valence-corrected chi connectivity index (χ3v) is 0.406. The maximum Gasteiger partial charge on any atom is 0.284 e. The predicted octanol–water partition coefficient (Wildman–Crippen LogP) is -2.73. The monoisotopic (exact) mass is 175 g/mol. The topological polar surface area (TPSA) is 26.1 Å². The molecule has 0 saturated carbocycles. The summed E-state index contributed by atoms with van der Waals surface area (Å²) in [6.45, 7) is 0. The van der Waals surface area contributed by atoms with Crippen LogP contribution < -0.4 is 22.7 Å². The van der Waals surface area contributed by atoms with Crippen molar-refractivity contribution in [1.82, 2.24) is 10.3 Å². The Balaban J connectivity index is -0.0000000833. The van der Waals surface area contributed by atoms with Crippen LogP contribution in [0.1, 0.15) is 0 Å². The first kappa shape index (κ1) is 15.7. The number of rotatable bonds is 0. The Kier molecular flexibility index (Phi) is 19.9. The molecule has 1 radical (unpaired) electrons. The zero-order valence-corrected chi connectivity index (χ0v) is 6.26. The molecule has 0 atom stereocenters. The maximum absolute atomic E-state index is 3.67. The standard InChI is InChI=1S/C3H4N2.3ClH/c1-2-5-3-4-1;;;/h1-4H;3*1H/q+1;;;/p-1. The van der Waals surface area contributed by atoms with Crippen LogP contribution in [-0.4, -0.2) is 6.34 Å². The number of hydrogen-bond donors (Lipinski definition) is 1. The van der Waals surface area contributed by atoms with Gasteiger partial charge in [0.15, 0.2) is 6.20 Å². The van der Waals surface area contributed by atoms with Gasteiger partial charge in [-0.05, 0) is 0 Å². The van der Waals surface area contributed by atoms with Crippen LogP contribution in [0, 0.1) is 0 Å². The molecular weight excluding hydrogens is 170 g/mol. The van der Waals surface area contributed by atoms with Gasteiger partial charge in [-0.25, -0.2) is 5.32 Å². The van der Waals surface area contributed by atoms with E-state index >= 15 is 0 Å². The largest absolute Gasteiger partial charge is 1.00 e. The normalized spacial score (nSPS) is 10.0. The van der Waals surface area contributed by atoms with E-state index in [0.717, 1.165) is 0 Å². The van der Waals surface area contributed by atoms with Crippen LogP contribution in [0.3, 0.4) is 0 Å². The molecule has 0 bridgehead atoms. The van der Waals surface area contributed by atoms with Crippen LogP contribution >= 0.6 is 24.8 Å². The van der Waals surface area contributed by atoms with Gasteiger partial charge in [0, 0.05) is 0 Å². The first-order valence-electron chi connectivity index (χ1n) is 1.43. The minimum atomic E-state index is 0. The van der Waals surface area contributed by atoms with Crippen molar-refractivity contribution in [2.75, 3.05) is 0 Å². The van der Waals surface area contributed by atoms with Gasteiger partial charge < -0.3 is 12.4 Å². The highest BCUT2D eigenvalue weighted by atomic mass is 35.5. The molecule has 1 aliphatic heterocycles. The molecule has 0 amide bonds. The molecule has 2 nitrogen and oxygen atoms in total. The lowest BCUT2D eigenvalue weighted by Gasteiger charge is -1.54. The fraction of sp³-hybridized carbons (Fsp3) is 0. The van der Waals surface area contributed by atoms with Crippen LogP contribution in [0.25, 0.3) is 0 Å². The zero-order chi connectivity index (χ0) is 3.54. The van der Waals surface area contributed by atoms with Crippen LogP contribution in [0.4, 0.5) is 0 Å². The van der Waals surface area contributed by atoms with Crippen molar-refractivity contribution in [2.24, 2.45) is 0 Å². The Bertz CT molecular complexity index is 70.6. The van der Waals surface area contributed by atoms with Gasteiger partial charge in [0.1, 0.15) is 6.20 Å². The predicted molar refractivity (Wildman–Crippen MR) is 35.0 cm³/mol. The smallest absolute Gasteiger partial charge is 0.284 e. The van der Waals surface area contributed by atoms with E-state index in [0.29, 0.717) is 0 Å². The van der Waals surface area contributed by atoms with E-state index in [1.165, 1.54) is 0 Å². The van der Waals surface area contributed by atoms with Gasteiger partial charge in [-0.15, -0.1) is 24.8 Å². The number of aliphatic imine (C=N–C) groups is 1. The summed E-state index contributed by atoms with van der Waals surface area (Å²) in [5.74, 6) is 0. The minimum absolute atomic E-state index is 0. The molecule has 0 aromatic heterocycles.